The SMILES string of the molecule is CC(C)(C)c1cc2sc3ccc4ccccc4c3c2c2ccccc12. The lowest BCUT2D eigenvalue weighted by Crippen LogP contribution is -2.11. The average molecular weight is 340 g/mol. The molecule has 0 unspecified atom stereocenters. The van der Waals surface area contributed by atoms with E-state index in [2.05, 4.69) is 87.5 Å². The zero-order valence-electron chi connectivity index (χ0n) is 14.8. The third-order valence-corrected chi connectivity index (χ3v) is 6.28. The van der Waals surface area contributed by atoms with Crippen molar-refractivity contribution in [1.29, 1.82) is 0 Å². The van der Waals surface area contributed by atoms with Crippen LogP contribution in [0.15, 0.2) is 66.7 Å². The number of thiophene rings is 1. The largest absolute Gasteiger partial charge is 0.135 e. The van der Waals surface area contributed by atoms with Gasteiger partial charge in [0.1, 0.15) is 0 Å². The van der Waals surface area contributed by atoms with Crippen LogP contribution in [-0.4, -0.2) is 0 Å². The highest BCUT2D eigenvalue weighted by Gasteiger charge is 2.20. The molecule has 0 saturated heterocycles. The Kier molecular flexibility index (Phi) is 3.02. The molecular weight excluding hydrogens is 320 g/mol. The first kappa shape index (κ1) is 14.9. The van der Waals surface area contributed by atoms with Crippen molar-refractivity contribution in [2.75, 3.05) is 0 Å². The molecule has 4 aromatic carbocycles. The zero-order chi connectivity index (χ0) is 17.2. The lowest BCUT2D eigenvalue weighted by atomic mass is 9.82. The molecule has 1 heteroatoms. The van der Waals surface area contributed by atoms with Gasteiger partial charge in [0.2, 0.25) is 0 Å². The van der Waals surface area contributed by atoms with Crippen LogP contribution < -0.4 is 0 Å². The van der Waals surface area contributed by atoms with E-state index in [0.717, 1.165) is 0 Å². The fourth-order valence-electron chi connectivity index (χ4n) is 4.02. The van der Waals surface area contributed by atoms with Gasteiger partial charge in [-0.1, -0.05) is 75.4 Å². The van der Waals surface area contributed by atoms with Crippen molar-refractivity contribution in [1.82, 2.24) is 0 Å². The predicted molar refractivity (Wildman–Crippen MR) is 113 cm³/mol. The fourth-order valence-corrected chi connectivity index (χ4v) is 5.20. The first-order valence-electron chi connectivity index (χ1n) is 8.80. The second-order valence-corrected chi connectivity index (χ2v) is 8.94. The van der Waals surface area contributed by atoms with E-state index < -0.39 is 0 Å². The van der Waals surface area contributed by atoms with E-state index in [9.17, 15) is 0 Å². The van der Waals surface area contributed by atoms with Crippen LogP contribution in [0.3, 0.4) is 0 Å². The van der Waals surface area contributed by atoms with E-state index in [1.165, 1.54) is 47.3 Å². The maximum absolute atomic E-state index is 2.43. The molecule has 0 saturated carbocycles. The van der Waals surface area contributed by atoms with Crippen molar-refractivity contribution >= 4 is 53.1 Å². The zero-order valence-corrected chi connectivity index (χ0v) is 15.6. The minimum atomic E-state index is 0.131. The van der Waals surface area contributed by atoms with Gasteiger partial charge in [-0.2, -0.15) is 0 Å². The van der Waals surface area contributed by atoms with Gasteiger partial charge in [-0.3, -0.25) is 0 Å². The third-order valence-electron chi connectivity index (χ3n) is 5.18. The minimum absolute atomic E-state index is 0.131. The maximum atomic E-state index is 2.43. The Hall–Kier alpha value is -2.38. The Bertz CT molecular complexity index is 1270. The van der Waals surface area contributed by atoms with Crippen LogP contribution in [-0.2, 0) is 5.41 Å². The number of fused-ring (bicyclic) bond motifs is 7. The predicted octanol–water partition coefficient (Wildman–Crippen LogP) is 7.66. The molecule has 0 aliphatic heterocycles. The van der Waals surface area contributed by atoms with Crippen molar-refractivity contribution < 1.29 is 0 Å². The molecule has 5 aromatic rings. The summed E-state index contributed by atoms with van der Waals surface area (Å²) >= 11 is 1.92. The van der Waals surface area contributed by atoms with Gasteiger partial charge < -0.3 is 0 Å². The monoisotopic (exact) mass is 340 g/mol. The van der Waals surface area contributed by atoms with Crippen LogP contribution in [0.4, 0.5) is 0 Å². The van der Waals surface area contributed by atoms with Crippen molar-refractivity contribution in [2.24, 2.45) is 0 Å². The molecule has 0 aliphatic carbocycles. The van der Waals surface area contributed by atoms with Gasteiger partial charge in [-0.15, -0.1) is 11.3 Å². The summed E-state index contributed by atoms with van der Waals surface area (Å²) < 4.78 is 2.78. The first-order valence-corrected chi connectivity index (χ1v) is 9.62. The molecule has 1 heterocycles. The fraction of sp³-hybridized carbons (Fsp3) is 0.167. The van der Waals surface area contributed by atoms with E-state index in [1.54, 1.807) is 0 Å². The Morgan fingerprint density at radius 1 is 0.640 bits per heavy atom. The summed E-state index contributed by atoms with van der Waals surface area (Å²) in [6.45, 7) is 6.93. The normalized spacial score (nSPS) is 12.6. The molecule has 0 nitrogen and oxygen atoms in total. The summed E-state index contributed by atoms with van der Waals surface area (Å²) in [6.07, 6.45) is 0. The van der Waals surface area contributed by atoms with E-state index in [4.69, 9.17) is 0 Å². The molecular formula is C24H20S. The van der Waals surface area contributed by atoms with Crippen LogP contribution in [0.25, 0.3) is 41.7 Å². The van der Waals surface area contributed by atoms with Crippen LogP contribution in [0, 0.1) is 0 Å². The van der Waals surface area contributed by atoms with E-state index in [1.807, 2.05) is 11.3 Å². The van der Waals surface area contributed by atoms with Gasteiger partial charge in [0.05, 0.1) is 0 Å². The van der Waals surface area contributed by atoms with E-state index >= 15 is 0 Å². The minimum Gasteiger partial charge on any atom is -0.135 e. The highest BCUT2D eigenvalue weighted by Crippen LogP contribution is 2.44. The summed E-state index contributed by atoms with van der Waals surface area (Å²) in [6, 6.07) is 24.6. The topological polar surface area (TPSA) is 0 Å². The quantitative estimate of drug-likeness (QED) is 0.271. The number of rotatable bonds is 0. The van der Waals surface area contributed by atoms with E-state index in [0.29, 0.717) is 0 Å². The molecule has 0 aliphatic rings. The van der Waals surface area contributed by atoms with Crippen LogP contribution in [0.2, 0.25) is 0 Å². The third kappa shape index (κ3) is 2.12. The average Bonchev–Trinajstić information content (AvgIpc) is 2.99. The Balaban J connectivity index is 2.10. The molecule has 0 bridgehead atoms. The van der Waals surface area contributed by atoms with E-state index in [-0.39, 0.29) is 5.41 Å². The van der Waals surface area contributed by atoms with Crippen molar-refractivity contribution in [3.05, 3.63) is 72.3 Å². The standard InChI is InChI=1S/C24H20S/c1-24(2,3)19-14-21-23(18-11-7-6-10-17(18)19)22-16-9-5-4-8-15(16)12-13-20(22)25-21/h4-14H,1-3H3. The summed E-state index contributed by atoms with van der Waals surface area (Å²) in [5, 5.41) is 8.27. The number of hydrogen-bond acceptors (Lipinski definition) is 1. The lowest BCUT2D eigenvalue weighted by Gasteiger charge is -2.22. The highest BCUT2D eigenvalue weighted by molar-refractivity contribution is 7.26. The van der Waals surface area contributed by atoms with Gasteiger partial charge in [0.15, 0.2) is 0 Å². The molecule has 0 radical (unpaired) electrons. The molecule has 0 amide bonds. The summed E-state index contributed by atoms with van der Waals surface area (Å²) in [5.74, 6) is 0. The van der Waals surface area contributed by atoms with Crippen LogP contribution in [0.5, 0.6) is 0 Å². The molecule has 0 N–H and O–H groups in total. The molecule has 122 valence electrons. The van der Waals surface area contributed by atoms with Gasteiger partial charge in [0.25, 0.3) is 0 Å². The molecule has 0 fully saturated rings. The van der Waals surface area contributed by atoms with Gasteiger partial charge in [-0.05, 0) is 44.7 Å². The molecule has 5 rings (SSSR count). The molecule has 0 atom stereocenters. The van der Waals surface area contributed by atoms with Gasteiger partial charge in [-0.25, -0.2) is 0 Å². The lowest BCUT2D eigenvalue weighted by molar-refractivity contribution is 0.597. The van der Waals surface area contributed by atoms with Crippen molar-refractivity contribution in [2.45, 2.75) is 26.2 Å². The molecule has 0 spiro atoms. The van der Waals surface area contributed by atoms with Crippen molar-refractivity contribution in [3.8, 4) is 0 Å². The van der Waals surface area contributed by atoms with Crippen LogP contribution >= 0.6 is 11.3 Å². The highest BCUT2D eigenvalue weighted by atomic mass is 32.1. The maximum Gasteiger partial charge on any atom is 0.0365 e. The number of hydrogen-bond donors (Lipinski definition) is 0. The Morgan fingerprint density at radius 2 is 1.28 bits per heavy atom. The second kappa shape index (κ2) is 5.06. The number of benzene rings is 4. The molecule has 1 aromatic heterocycles. The van der Waals surface area contributed by atoms with Crippen LogP contribution in [0.1, 0.15) is 26.3 Å². The second-order valence-electron chi connectivity index (χ2n) is 7.85. The van der Waals surface area contributed by atoms with Crippen molar-refractivity contribution in [3.63, 3.8) is 0 Å². The summed E-state index contributed by atoms with van der Waals surface area (Å²) in [5.41, 5.74) is 1.57. The molecule has 25 heavy (non-hydrogen) atoms. The Labute approximate surface area is 151 Å². The first-order chi connectivity index (χ1) is 12.0. The van der Waals surface area contributed by atoms with Gasteiger partial charge in [0, 0.05) is 20.2 Å². The summed E-state index contributed by atoms with van der Waals surface area (Å²) in [4.78, 5) is 0. The van der Waals surface area contributed by atoms with Gasteiger partial charge >= 0.3 is 0 Å². The summed E-state index contributed by atoms with van der Waals surface area (Å²) in [7, 11) is 0. The smallest absolute Gasteiger partial charge is 0.0365 e. The Morgan fingerprint density at radius 3 is 2.04 bits per heavy atom.